The van der Waals surface area contributed by atoms with Crippen LogP contribution in [0.4, 0.5) is 0 Å². The van der Waals surface area contributed by atoms with E-state index in [-0.39, 0.29) is 0 Å². The molecular formula is C27H42. The van der Waals surface area contributed by atoms with Gasteiger partial charge >= 0.3 is 0 Å². The van der Waals surface area contributed by atoms with Crippen molar-refractivity contribution in [1.29, 1.82) is 0 Å². The van der Waals surface area contributed by atoms with E-state index in [9.17, 15) is 0 Å². The largest absolute Gasteiger partial charge is 0.0847 e. The topological polar surface area (TPSA) is 0 Å². The van der Waals surface area contributed by atoms with Crippen molar-refractivity contribution in [2.24, 2.45) is 41.4 Å². The van der Waals surface area contributed by atoms with Crippen molar-refractivity contribution >= 4 is 0 Å². The van der Waals surface area contributed by atoms with E-state index in [4.69, 9.17) is 0 Å². The van der Waals surface area contributed by atoms with E-state index in [2.05, 4.69) is 71.1 Å². The van der Waals surface area contributed by atoms with Gasteiger partial charge in [-0.3, -0.25) is 0 Å². The highest BCUT2D eigenvalue weighted by Gasteiger charge is 2.41. The molecule has 0 spiro atoms. The van der Waals surface area contributed by atoms with Crippen LogP contribution in [0.3, 0.4) is 0 Å². The number of rotatable bonds is 6. The maximum atomic E-state index is 2.49. The van der Waals surface area contributed by atoms with E-state index in [0.29, 0.717) is 0 Å². The fourth-order valence-corrected chi connectivity index (χ4v) is 6.28. The van der Waals surface area contributed by atoms with Crippen molar-refractivity contribution < 1.29 is 0 Å². The van der Waals surface area contributed by atoms with Gasteiger partial charge < -0.3 is 0 Å². The molecule has 0 aromatic carbocycles. The maximum absolute atomic E-state index is 2.49. The normalized spacial score (nSPS) is 38.4. The Kier molecular flexibility index (Phi) is 7.23. The van der Waals surface area contributed by atoms with Crippen molar-refractivity contribution in [1.82, 2.24) is 0 Å². The Balaban J connectivity index is 0.000000156. The Labute approximate surface area is 168 Å². The van der Waals surface area contributed by atoms with Gasteiger partial charge in [0.05, 0.1) is 0 Å². The summed E-state index contributed by atoms with van der Waals surface area (Å²) < 4.78 is 0. The molecule has 0 radical (unpaired) electrons. The predicted octanol–water partition coefficient (Wildman–Crippen LogP) is 8.14. The zero-order chi connectivity index (χ0) is 19.4. The van der Waals surface area contributed by atoms with Crippen LogP contribution in [0.2, 0.25) is 0 Å². The average molecular weight is 367 g/mol. The molecule has 0 heteroatoms. The number of fused-ring (bicyclic) bond motifs is 4. The van der Waals surface area contributed by atoms with Crippen LogP contribution < -0.4 is 0 Å². The van der Waals surface area contributed by atoms with Crippen molar-refractivity contribution in [2.45, 2.75) is 79.6 Å². The smallest absolute Gasteiger partial charge is 0.00143 e. The van der Waals surface area contributed by atoms with E-state index in [1.54, 1.807) is 11.1 Å². The molecule has 2 fully saturated rings. The van der Waals surface area contributed by atoms with Crippen LogP contribution in [-0.4, -0.2) is 0 Å². The van der Waals surface area contributed by atoms with Gasteiger partial charge in [-0.05, 0) is 73.5 Å². The first-order valence-corrected chi connectivity index (χ1v) is 11.9. The second kappa shape index (κ2) is 9.44. The lowest BCUT2D eigenvalue weighted by atomic mass is 9.80. The van der Waals surface area contributed by atoms with Gasteiger partial charge in [-0.15, -0.1) is 0 Å². The first kappa shape index (κ1) is 20.7. The molecular weight excluding hydrogens is 324 g/mol. The Hall–Kier alpha value is -1.04. The lowest BCUT2D eigenvalue weighted by molar-refractivity contribution is 0.384. The van der Waals surface area contributed by atoms with E-state index in [1.165, 1.54) is 44.9 Å². The monoisotopic (exact) mass is 366 g/mol. The van der Waals surface area contributed by atoms with Crippen LogP contribution in [-0.2, 0) is 0 Å². The maximum Gasteiger partial charge on any atom is -0.00143 e. The molecule has 4 aliphatic carbocycles. The molecule has 0 aromatic heterocycles. The Morgan fingerprint density at radius 3 is 2.07 bits per heavy atom. The molecule has 0 nitrogen and oxygen atoms in total. The van der Waals surface area contributed by atoms with Gasteiger partial charge in [0.25, 0.3) is 0 Å². The fraction of sp³-hybridized carbons (Fsp3) is 0.704. The van der Waals surface area contributed by atoms with E-state index in [1.807, 2.05) is 0 Å². The summed E-state index contributed by atoms with van der Waals surface area (Å²) in [5.41, 5.74) is 3.51. The molecule has 4 aliphatic rings. The fourth-order valence-electron chi connectivity index (χ4n) is 6.28. The molecule has 0 amide bonds. The number of hydrogen-bond acceptors (Lipinski definition) is 0. The number of allylic oxidation sites excluding steroid dienone is 8. The van der Waals surface area contributed by atoms with Crippen molar-refractivity contribution in [3.05, 3.63) is 47.6 Å². The summed E-state index contributed by atoms with van der Waals surface area (Å²) >= 11 is 0. The molecule has 6 atom stereocenters. The second-order valence-corrected chi connectivity index (χ2v) is 9.53. The lowest BCUT2D eigenvalue weighted by Crippen LogP contribution is -2.16. The zero-order valence-electron chi connectivity index (χ0n) is 18.5. The first-order chi connectivity index (χ1) is 13.1. The third-order valence-electron chi connectivity index (χ3n) is 7.35. The quantitative estimate of drug-likeness (QED) is 0.416. The van der Waals surface area contributed by atoms with Crippen molar-refractivity contribution in [3.63, 3.8) is 0 Å². The summed E-state index contributed by atoms with van der Waals surface area (Å²) in [7, 11) is 0. The van der Waals surface area contributed by atoms with Gasteiger partial charge in [0.1, 0.15) is 0 Å². The lowest BCUT2D eigenvalue weighted by Gasteiger charge is -2.25. The van der Waals surface area contributed by atoms with Gasteiger partial charge in [0.15, 0.2) is 0 Å². The Morgan fingerprint density at radius 1 is 0.852 bits per heavy atom. The summed E-state index contributed by atoms with van der Waals surface area (Å²) in [6, 6.07) is 0. The highest BCUT2D eigenvalue weighted by molar-refractivity contribution is 5.31. The zero-order valence-corrected chi connectivity index (χ0v) is 18.5. The number of hydrogen-bond donors (Lipinski definition) is 0. The van der Waals surface area contributed by atoms with Crippen LogP contribution in [0.1, 0.15) is 79.6 Å². The first-order valence-electron chi connectivity index (χ1n) is 11.9. The summed E-state index contributed by atoms with van der Waals surface area (Å²) in [4.78, 5) is 0. The minimum absolute atomic E-state index is 0.803. The predicted molar refractivity (Wildman–Crippen MR) is 120 cm³/mol. The molecule has 0 aliphatic heterocycles. The van der Waals surface area contributed by atoms with Crippen LogP contribution in [0.25, 0.3) is 0 Å². The van der Waals surface area contributed by atoms with Gasteiger partial charge in [0.2, 0.25) is 0 Å². The van der Waals surface area contributed by atoms with Crippen molar-refractivity contribution in [2.75, 3.05) is 0 Å². The van der Waals surface area contributed by atoms with Gasteiger partial charge in [-0.1, -0.05) is 95.1 Å². The molecule has 0 saturated heterocycles. The molecule has 150 valence electrons. The van der Waals surface area contributed by atoms with Gasteiger partial charge in [0, 0.05) is 0 Å². The second-order valence-electron chi connectivity index (χ2n) is 9.53. The summed E-state index contributed by atoms with van der Waals surface area (Å²) in [5.74, 6) is 5.96. The SMILES string of the molecule is CCC=C1C2C=CC(C2)C1C(C)C.CCC=C1C2C=CC(C2)C1CCCC. The van der Waals surface area contributed by atoms with E-state index >= 15 is 0 Å². The van der Waals surface area contributed by atoms with Gasteiger partial charge in [-0.2, -0.15) is 0 Å². The molecule has 4 rings (SSSR count). The molecule has 0 heterocycles. The summed E-state index contributed by atoms with van der Waals surface area (Å²) in [6.07, 6.45) is 24.2. The Bertz CT molecular complexity index is 600. The molecule has 0 N–H and O–H groups in total. The van der Waals surface area contributed by atoms with Crippen LogP contribution in [0.15, 0.2) is 47.6 Å². The molecule has 0 aromatic rings. The van der Waals surface area contributed by atoms with Crippen LogP contribution in [0, 0.1) is 41.4 Å². The average Bonchev–Trinajstić information content (AvgIpc) is 3.42. The van der Waals surface area contributed by atoms with E-state index < -0.39 is 0 Å². The summed E-state index contributed by atoms with van der Waals surface area (Å²) in [6.45, 7) is 11.5. The van der Waals surface area contributed by atoms with E-state index in [0.717, 1.165) is 41.4 Å². The molecule has 27 heavy (non-hydrogen) atoms. The third-order valence-corrected chi connectivity index (χ3v) is 7.35. The number of unbranched alkanes of at least 4 members (excludes halogenated alkanes) is 1. The molecule has 2 saturated carbocycles. The third kappa shape index (κ3) is 4.36. The highest BCUT2D eigenvalue weighted by Crippen LogP contribution is 2.51. The van der Waals surface area contributed by atoms with Crippen LogP contribution in [0.5, 0.6) is 0 Å². The Morgan fingerprint density at radius 2 is 1.44 bits per heavy atom. The van der Waals surface area contributed by atoms with Crippen LogP contribution >= 0.6 is 0 Å². The molecule has 6 unspecified atom stereocenters. The highest BCUT2D eigenvalue weighted by atomic mass is 14.5. The van der Waals surface area contributed by atoms with Crippen molar-refractivity contribution in [3.8, 4) is 0 Å². The van der Waals surface area contributed by atoms with Gasteiger partial charge in [-0.25, -0.2) is 0 Å². The molecule has 4 bridgehead atoms. The minimum Gasteiger partial charge on any atom is -0.0847 e. The summed E-state index contributed by atoms with van der Waals surface area (Å²) in [5, 5.41) is 0. The minimum atomic E-state index is 0.803. The standard InChI is InChI=1S/C14H22.C13H20/c1-3-5-7-14-12-9-8-11(10-12)13(14)6-4-2;1-4-5-12-10-6-7-11(8-10)13(12)9(2)3/h6,8-9,11-12,14H,3-5,7,10H2,1-2H3;5-7,9-11,13H,4,8H2,1-3H3.